The Hall–Kier alpha value is -2.80. The average molecular weight is 401 g/mol. The third-order valence-electron chi connectivity index (χ3n) is 4.04. The van der Waals surface area contributed by atoms with Crippen molar-refractivity contribution >= 4 is 29.0 Å². The first-order valence-corrected chi connectivity index (χ1v) is 9.39. The van der Waals surface area contributed by atoms with Gasteiger partial charge in [0.15, 0.2) is 0 Å². The van der Waals surface area contributed by atoms with Crippen molar-refractivity contribution in [2.45, 2.75) is 38.8 Å². The van der Waals surface area contributed by atoms with Gasteiger partial charge < -0.3 is 24.8 Å². The highest BCUT2D eigenvalue weighted by molar-refractivity contribution is 7.80. The summed E-state index contributed by atoms with van der Waals surface area (Å²) in [6, 6.07) is 12.8. The minimum atomic E-state index is -0.566. The van der Waals surface area contributed by atoms with Crippen molar-refractivity contribution in [1.29, 1.82) is 0 Å². The smallest absolute Gasteiger partial charge is 0.408 e. The van der Waals surface area contributed by atoms with Crippen LogP contribution in [0.4, 0.5) is 10.5 Å². The first-order chi connectivity index (χ1) is 13.2. The second-order valence-electron chi connectivity index (χ2n) is 7.49. The summed E-state index contributed by atoms with van der Waals surface area (Å²) < 4.78 is 16.5. The molecule has 28 heavy (non-hydrogen) atoms. The van der Waals surface area contributed by atoms with E-state index in [1.807, 2.05) is 63.2 Å². The van der Waals surface area contributed by atoms with Gasteiger partial charge in [-0.25, -0.2) is 4.79 Å². The van der Waals surface area contributed by atoms with Gasteiger partial charge in [-0.05, 0) is 56.7 Å². The lowest BCUT2D eigenvalue weighted by atomic mass is 9.99. The lowest BCUT2D eigenvalue weighted by Crippen LogP contribution is -2.48. The van der Waals surface area contributed by atoms with Gasteiger partial charge in [0.25, 0.3) is 0 Å². The van der Waals surface area contributed by atoms with Gasteiger partial charge in [0.1, 0.15) is 27.8 Å². The summed E-state index contributed by atoms with van der Waals surface area (Å²) >= 11 is 5.40. The van der Waals surface area contributed by atoms with Crippen LogP contribution < -0.4 is 20.1 Å². The molecule has 1 amide bonds. The molecule has 0 aromatic heterocycles. The maximum absolute atomic E-state index is 12.1. The van der Waals surface area contributed by atoms with E-state index in [2.05, 4.69) is 10.6 Å². The first-order valence-electron chi connectivity index (χ1n) is 8.99. The molecule has 1 heterocycles. The molecule has 2 aromatic carbocycles. The van der Waals surface area contributed by atoms with E-state index in [-0.39, 0.29) is 6.04 Å². The molecule has 0 bridgehead atoms. The van der Waals surface area contributed by atoms with Crippen LogP contribution in [0.5, 0.6) is 17.2 Å². The lowest BCUT2D eigenvalue weighted by molar-refractivity contribution is 0.0518. The lowest BCUT2D eigenvalue weighted by Gasteiger charge is -2.29. The van der Waals surface area contributed by atoms with E-state index in [9.17, 15) is 4.79 Å². The van der Waals surface area contributed by atoms with E-state index in [1.54, 1.807) is 7.11 Å². The molecule has 148 valence electrons. The standard InChI is InChI=1S/C21H24N2O4S/c1-21(2,3)27-20(24)23-18-11-13-10-16(8-9-17(13)22-19(18)28)26-15-7-5-6-14(12-15)25-4/h5-10,12,18H,11H2,1-4H3,(H,22,28)(H,23,24)/t18-/m0/s1. The quantitative estimate of drug-likeness (QED) is 0.727. The van der Waals surface area contributed by atoms with Crippen LogP contribution in [0.15, 0.2) is 42.5 Å². The van der Waals surface area contributed by atoms with Crippen LogP contribution in [0.2, 0.25) is 0 Å². The zero-order chi connectivity index (χ0) is 20.3. The van der Waals surface area contributed by atoms with Crippen molar-refractivity contribution in [3.05, 3.63) is 48.0 Å². The largest absolute Gasteiger partial charge is 0.497 e. The van der Waals surface area contributed by atoms with Crippen LogP contribution in [0, 0.1) is 0 Å². The second kappa shape index (κ2) is 8.06. The van der Waals surface area contributed by atoms with Gasteiger partial charge in [-0.15, -0.1) is 0 Å². The van der Waals surface area contributed by atoms with Crippen LogP contribution in [-0.4, -0.2) is 29.8 Å². The van der Waals surface area contributed by atoms with E-state index in [4.69, 9.17) is 26.4 Å². The summed E-state index contributed by atoms with van der Waals surface area (Å²) in [6.45, 7) is 5.46. The van der Waals surface area contributed by atoms with Crippen molar-refractivity contribution in [3.63, 3.8) is 0 Å². The SMILES string of the molecule is COc1cccc(Oc2ccc3c(c2)C[C@H](NC(=O)OC(C)(C)C)C(=S)N3)c1. The number of hydrogen-bond acceptors (Lipinski definition) is 5. The van der Waals surface area contributed by atoms with Gasteiger partial charge >= 0.3 is 6.09 Å². The van der Waals surface area contributed by atoms with Crippen molar-refractivity contribution in [2.24, 2.45) is 0 Å². The fourth-order valence-corrected chi connectivity index (χ4v) is 3.08. The number of benzene rings is 2. The van der Waals surface area contributed by atoms with Crippen LogP contribution in [0.3, 0.4) is 0 Å². The maximum atomic E-state index is 12.1. The number of ether oxygens (including phenoxy) is 3. The number of carbonyl (C=O) groups excluding carboxylic acids is 1. The van der Waals surface area contributed by atoms with Gasteiger partial charge in [-0.3, -0.25) is 0 Å². The van der Waals surface area contributed by atoms with E-state index in [1.165, 1.54) is 0 Å². The van der Waals surface area contributed by atoms with E-state index in [0.29, 0.717) is 22.9 Å². The van der Waals surface area contributed by atoms with E-state index < -0.39 is 11.7 Å². The predicted molar refractivity (Wildman–Crippen MR) is 113 cm³/mol. The van der Waals surface area contributed by atoms with E-state index >= 15 is 0 Å². The number of rotatable bonds is 4. The van der Waals surface area contributed by atoms with E-state index in [0.717, 1.165) is 17.0 Å². The third kappa shape index (κ3) is 5.13. The minimum absolute atomic E-state index is 0.343. The molecular formula is C21H24N2O4S. The summed E-state index contributed by atoms with van der Waals surface area (Å²) in [7, 11) is 1.62. The maximum Gasteiger partial charge on any atom is 0.408 e. The highest BCUT2D eigenvalue weighted by Crippen LogP contribution is 2.31. The van der Waals surface area contributed by atoms with Crippen molar-refractivity contribution in [3.8, 4) is 17.2 Å². The number of methoxy groups -OCH3 is 1. The summed E-state index contributed by atoms with van der Waals surface area (Å²) in [5.74, 6) is 2.10. The number of anilines is 1. The third-order valence-corrected chi connectivity index (χ3v) is 4.43. The zero-order valence-corrected chi connectivity index (χ0v) is 17.2. The fourth-order valence-electron chi connectivity index (χ4n) is 2.82. The topological polar surface area (TPSA) is 68.8 Å². The van der Waals surface area contributed by atoms with Crippen molar-refractivity contribution in [2.75, 3.05) is 12.4 Å². The zero-order valence-electron chi connectivity index (χ0n) is 16.4. The summed E-state index contributed by atoms with van der Waals surface area (Å²) in [5, 5.41) is 6.00. The summed E-state index contributed by atoms with van der Waals surface area (Å²) in [6.07, 6.45) is 0.0595. The molecule has 2 aromatic rings. The first kappa shape index (κ1) is 19.9. The van der Waals surface area contributed by atoms with Crippen LogP contribution in [0.25, 0.3) is 0 Å². The van der Waals surface area contributed by atoms with Crippen LogP contribution in [-0.2, 0) is 11.2 Å². The summed E-state index contributed by atoms with van der Waals surface area (Å²) in [5.41, 5.74) is 1.34. The molecule has 0 radical (unpaired) electrons. The van der Waals surface area contributed by atoms with Crippen molar-refractivity contribution in [1.82, 2.24) is 5.32 Å². The number of hydrogen-bond donors (Lipinski definition) is 2. The number of amides is 1. The number of fused-ring (bicyclic) bond motifs is 1. The normalized spacial score (nSPS) is 15.9. The Morgan fingerprint density at radius 2 is 1.86 bits per heavy atom. The monoisotopic (exact) mass is 400 g/mol. The molecule has 0 aliphatic carbocycles. The molecular weight excluding hydrogens is 376 g/mol. The highest BCUT2D eigenvalue weighted by Gasteiger charge is 2.27. The minimum Gasteiger partial charge on any atom is -0.497 e. The van der Waals surface area contributed by atoms with Gasteiger partial charge in [-0.2, -0.15) is 0 Å². The Bertz CT molecular complexity index is 892. The van der Waals surface area contributed by atoms with Gasteiger partial charge in [0.2, 0.25) is 0 Å². The Morgan fingerprint density at radius 3 is 2.57 bits per heavy atom. The molecule has 3 rings (SSSR count). The van der Waals surface area contributed by atoms with Crippen molar-refractivity contribution < 1.29 is 19.0 Å². The molecule has 1 aliphatic rings. The molecule has 0 saturated carbocycles. The number of nitrogens with one attached hydrogen (secondary N) is 2. The molecule has 1 aliphatic heterocycles. The molecule has 1 atom stereocenters. The average Bonchev–Trinajstić information content (AvgIpc) is 2.61. The Morgan fingerprint density at radius 1 is 1.14 bits per heavy atom. The number of carbonyl (C=O) groups is 1. The highest BCUT2D eigenvalue weighted by atomic mass is 32.1. The van der Waals surface area contributed by atoms with Crippen LogP contribution in [0.1, 0.15) is 26.3 Å². The molecule has 0 spiro atoms. The Kier molecular flexibility index (Phi) is 5.74. The number of alkyl carbamates (subject to hydrolysis) is 1. The Balaban J connectivity index is 1.72. The van der Waals surface area contributed by atoms with Crippen LogP contribution >= 0.6 is 12.2 Å². The summed E-state index contributed by atoms with van der Waals surface area (Å²) in [4.78, 5) is 12.7. The van der Waals surface area contributed by atoms with Gasteiger partial charge in [0, 0.05) is 18.2 Å². The van der Waals surface area contributed by atoms with Gasteiger partial charge in [0.05, 0.1) is 13.2 Å². The molecule has 0 saturated heterocycles. The fraction of sp³-hybridized carbons (Fsp3) is 0.333. The molecule has 0 unspecified atom stereocenters. The van der Waals surface area contributed by atoms with Gasteiger partial charge in [-0.1, -0.05) is 18.3 Å². The second-order valence-corrected chi connectivity index (χ2v) is 7.93. The Labute approximate surface area is 170 Å². The molecule has 2 N–H and O–H groups in total. The molecule has 7 heteroatoms. The molecule has 6 nitrogen and oxygen atoms in total. The predicted octanol–water partition coefficient (Wildman–Crippen LogP) is 4.68. The number of thiocarbonyl (C=S) groups is 1. The molecule has 0 fully saturated rings.